The lowest BCUT2D eigenvalue weighted by molar-refractivity contribution is -0.177. The number of carboxylic acid groups (broad SMARTS) is 1. The van der Waals surface area contributed by atoms with Crippen LogP contribution in [0.15, 0.2) is 30.3 Å². The first-order valence-corrected chi connectivity index (χ1v) is 5.83. The fourth-order valence-electron chi connectivity index (χ4n) is 1.42. The quantitative estimate of drug-likeness (QED) is 0.413. The highest BCUT2D eigenvalue weighted by atomic mass is 16.7. The van der Waals surface area contributed by atoms with E-state index < -0.39 is 5.97 Å². The van der Waals surface area contributed by atoms with Crippen molar-refractivity contribution >= 4 is 12.4 Å². The minimum atomic E-state index is -0.821. The third-order valence-corrected chi connectivity index (χ3v) is 2.38. The second kappa shape index (κ2) is 8.25. The summed E-state index contributed by atoms with van der Waals surface area (Å²) in [4.78, 5) is 26.4. The number of nitrogens with zero attached hydrogens (tertiary/aromatic N) is 1. The van der Waals surface area contributed by atoms with Gasteiger partial charge < -0.3 is 5.11 Å². The Morgan fingerprint density at radius 2 is 2.00 bits per heavy atom. The van der Waals surface area contributed by atoms with E-state index in [9.17, 15) is 9.59 Å². The van der Waals surface area contributed by atoms with Gasteiger partial charge in [-0.2, -0.15) is 0 Å². The van der Waals surface area contributed by atoms with Gasteiger partial charge in [-0.25, -0.2) is 5.06 Å². The second-order valence-corrected chi connectivity index (χ2v) is 3.86. The molecule has 5 nitrogen and oxygen atoms in total. The molecule has 0 aliphatic heterocycles. The molecule has 0 aliphatic rings. The average molecular weight is 251 g/mol. The number of benzene rings is 1. The van der Waals surface area contributed by atoms with E-state index >= 15 is 0 Å². The molecule has 18 heavy (non-hydrogen) atoms. The molecule has 1 aromatic rings. The maximum absolute atomic E-state index is 10.7. The largest absolute Gasteiger partial charge is 0.481 e. The number of hydrogen-bond acceptors (Lipinski definition) is 3. The van der Waals surface area contributed by atoms with E-state index in [4.69, 9.17) is 9.94 Å². The number of carbonyl (C=O) groups is 2. The summed E-state index contributed by atoms with van der Waals surface area (Å²) in [5.74, 6) is -0.821. The molecule has 0 aliphatic carbocycles. The zero-order chi connectivity index (χ0) is 13.2. The van der Waals surface area contributed by atoms with E-state index in [1.54, 1.807) is 0 Å². The molecule has 1 N–H and O–H groups in total. The van der Waals surface area contributed by atoms with Crippen molar-refractivity contribution < 1.29 is 19.5 Å². The van der Waals surface area contributed by atoms with Crippen LogP contribution < -0.4 is 0 Å². The molecule has 1 amide bonds. The van der Waals surface area contributed by atoms with E-state index in [1.807, 2.05) is 30.3 Å². The Balaban J connectivity index is 2.21. The van der Waals surface area contributed by atoms with Crippen molar-refractivity contribution in [3.05, 3.63) is 35.9 Å². The number of hydrogen-bond donors (Lipinski definition) is 1. The predicted molar refractivity (Wildman–Crippen MR) is 65.5 cm³/mol. The van der Waals surface area contributed by atoms with Crippen molar-refractivity contribution in [1.29, 1.82) is 0 Å². The number of unbranched alkanes of at least 4 members (excludes halogenated alkanes) is 1. The van der Waals surface area contributed by atoms with Gasteiger partial charge in [-0.3, -0.25) is 14.4 Å². The van der Waals surface area contributed by atoms with Crippen LogP contribution in [0.2, 0.25) is 0 Å². The molecular formula is C13H17NO4. The predicted octanol–water partition coefficient (Wildman–Crippen LogP) is 1.83. The summed E-state index contributed by atoms with van der Waals surface area (Å²) in [5.41, 5.74) is 0.981. The minimum absolute atomic E-state index is 0.116. The first kappa shape index (κ1) is 14.2. The summed E-state index contributed by atoms with van der Waals surface area (Å²) >= 11 is 0. The molecule has 0 spiro atoms. The summed E-state index contributed by atoms with van der Waals surface area (Å²) < 4.78 is 0. The van der Waals surface area contributed by atoms with Crippen LogP contribution in [0.25, 0.3) is 0 Å². The van der Waals surface area contributed by atoms with E-state index in [-0.39, 0.29) is 6.42 Å². The molecule has 5 heteroatoms. The molecule has 0 aromatic heterocycles. The number of carbonyl (C=O) groups excluding carboxylic acids is 1. The van der Waals surface area contributed by atoms with Crippen LogP contribution >= 0.6 is 0 Å². The molecular weight excluding hydrogens is 234 g/mol. The van der Waals surface area contributed by atoms with Gasteiger partial charge in [0, 0.05) is 13.0 Å². The maximum atomic E-state index is 10.7. The normalized spacial score (nSPS) is 10.0. The smallest absolute Gasteiger partial charge is 0.303 e. The Labute approximate surface area is 106 Å². The van der Waals surface area contributed by atoms with Crippen molar-refractivity contribution in [2.45, 2.75) is 25.9 Å². The number of rotatable bonds is 9. The Hall–Kier alpha value is -1.88. The third kappa shape index (κ3) is 6.00. The summed E-state index contributed by atoms with van der Waals surface area (Å²) in [5, 5.41) is 9.68. The van der Waals surface area contributed by atoms with Gasteiger partial charge in [-0.05, 0) is 18.4 Å². The molecule has 0 heterocycles. The lowest BCUT2D eigenvalue weighted by atomic mass is 10.2. The second-order valence-electron chi connectivity index (χ2n) is 3.86. The van der Waals surface area contributed by atoms with Crippen molar-refractivity contribution in [2.75, 3.05) is 6.54 Å². The van der Waals surface area contributed by atoms with Gasteiger partial charge in [0.05, 0.1) is 0 Å². The molecule has 98 valence electrons. The Bertz CT molecular complexity index is 367. The number of amides is 1. The van der Waals surface area contributed by atoms with Gasteiger partial charge in [-0.15, -0.1) is 0 Å². The fourth-order valence-corrected chi connectivity index (χ4v) is 1.42. The zero-order valence-corrected chi connectivity index (χ0v) is 10.1. The standard InChI is InChI=1S/C13H17NO4/c15-11-14(9-5-4-8-13(16)17)18-10-12-6-2-1-3-7-12/h1-3,6-7,11H,4-5,8-10H2,(H,16,17). The van der Waals surface area contributed by atoms with Crippen molar-refractivity contribution in [3.8, 4) is 0 Å². The monoisotopic (exact) mass is 251 g/mol. The average Bonchev–Trinajstić information content (AvgIpc) is 2.39. The molecule has 0 radical (unpaired) electrons. The molecule has 0 fully saturated rings. The summed E-state index contributed by atoms with van der Waals surface area (Å²) in [6.07, 6.45) is 1.88. The van der Waals surface area contributed by atoms with Crippen LogP contribution in [0.4, 0.5) is 0 Å². The van der Waals surface area contributed by atoms with Gasteiger partial charge in [-0.1, -0.05) is 30.3 Å². The molecule has 0 unspecified atom stereocenters. The summed E-state index contributed by atoms with van der Waals surface area (Å²) in [7, 11) is 0. The lowest BCUT2D eigenvalue weighted by Gasteiger charge is -2.16. The molecule has 0 bridgehead atoms. The van der Waals surface area contributed by atoms with Crippen LogP contribution in [-0.4, -0.2) is 29.1 Å². The third-order valence-electron chi connectivity index (χ3n) is 2.38. The highest BCUT2D eigenvalue weighted by Gasteiger charge is 2.03. The van der Waals surface area contributed by atoms with Crippen LogP contribution in [0.3, 0.4) is 0 Å². The molecule has 0 saturated heterocycles. The van der Waals surface area contributed by atoms with Crippen LogP contribution in [-0.2, 0) is 21.0 Å². The van der Waals surface area contributed by atoms with Gasteiger partial charge in [0.25, 0.3) is 0 Å². The van der Waals surface area contributed by atoms with Crippen LogP contribution in [0.1, 0.15) is 24.8 Å². The number of aliphatic carboxylic acids is 1. The molecule has 0 saturated carbocycles. The molecule has 1 aromatic carbocycles. The van der Waals surface area contributed by atoms with Gasteiger partial charge in [0.15, 0.2) is 0 Å². The molecule has 0 atom stereocenters. The Morgan fingerprint density at radius 1 is 1.28 bits per heavy atom. The van der Waals surface area contributed by atoms with Crippen molar-refractivity contribution in [3.63, 3.8) is 0 Å². The zero-order valence-electron chi connectivity index (χ0n) is 10.1. The Kier molecular flexibility index (Phi) is 6.50. The SMILES string of the molecule is O=CN(CCCCC(=O)O)OCc1ccccc1. The number of hydroxylamine groups is 2. The highest BCUT2D eigenvalue weighted by Crippen LogP contribution is 2.04. The van der Waals surface area contributed by atoms with E-state index in [2.05, 4.69) is 0 Å². The first-order valence-electron chi connectivity index (χ1n) is 5.83. The maximum Gasteiger partial charge on any atom is 0.303 e. The lowest BCUT2D eigenvalue weighted by Crippen LogP contribution is -2.23. The van der Waals surface area contributed by atoms with Crippen LogP contribution in [0, 0.1) is 0 Å². The minimum Gasteiger partial charge on any atom is -0.481 e. The van der Waals surface area contributed by atoms with Gasteiger partial charge >= 0.3 is 5.97 Å². The van der Waals surface area contributed by atoms with E-state index in [0.717, 1.165) is 5.56 Å². The van der Waals surface area contributed by atoms with Gasteiger partial charge in [0.1, 0.15) is 6.61 Å². The summed E-state index contributed by atoms with van der Waals surface area (Å²) in [6.45, 7) is 0.738. The number of carboxylic acids is 1. The fraction of sp³-hybridized carbons (Fsp3) is 0.385. The van der Waals surface area contributed by atoms with E-state index in [1.165, 1.54) is 5.06 Å². The van der Waals surface area contributed by atoms with Crippen molar-refractivity contribution in [1.82, 2.24) is 5.06 Å². The summed E-state index contributed by atoms with van der Waals surface area (Å²) in [6, 6.07) is 9.53. The topological polar surface area (TPSA) is 66.8 Å². The van der Waals surface area contributed by atoms with E-state index in [0.29, 0.717) is 32.4 Å². The Morgan fingerprint density at radius 3 is 2.61 bits per heavy atom. The van der Waals surface area contributed by atoms with Crippen LogP contribution in [0.5, 0.6) is 0 Å². The van der Waals surface area contributed by atoms with Gasteiger partial charge in [0.2, 0.25) is 6.41 Å². The van der Waals surface area contributed by atoms with Crippen molar-refractivity contribution in [2.24, 2.45) is 0 Å². The molecule has 1 rings (SSSR count). The first-order chi connectivity index (χ1) is 8.72. The highest BCUT2D eigenvalue weighted by molar-refractivity contribution is 5.66.